The molecule has 7 heteroatoms. The summed E-state index contributed by atoms with van der Waals surface area (Å²) in [4.78, 5) is 13.3. The molecule has 1 aliphatic heterocycles. The van der Waals surface area contributed by atoms with Gasteiger partial charge in [-0.15, -0.1) is 0 Å². The van der Waals surface area contributed by atoms with Gasteiger partial charge in [0, 0.05) is 49.5 Å². The highest BCUT2D eigenvalue weighted by atomic mass is 15.5. The Bertz CT molecular complexity index is 919. The lowest BCUT2D eigenvalue weighted by Crippen LogP contribution is -2.31. The smallest absolute Gasteiger partial charge is 0.229 e. The Balaban J connectivity index is 1.34. The van der Waals surface area contributed by atoms with Crippen molar-refractivity contribution in [1.29, 1.82) is 0 Å². The average Bonchev–Trinajstić information content (AvgIpc) is 3.26. The SMILES string of the molecule is C1=CNN(CCCNc2ccnc(Nc3cccc(-c4ccccn4)c3)n2)C1. The first-order valence-corrected chi connectivity index (χ1v) is 9.38. The first-order valence-electron chi connectivity index (χ1n) is 9.38. The molecule has 0 bridgehead atoms. The molecule has 0 saturated carbocycles. The number of pyridine rings is 1. The first kappa shape index (κ1) is 17.9. The van der Waals surface area contributed by atoms with E-state index in [0.717, 1.165) is 48.8 Å². The molecule has 0 atom stereocenters. The Labute approximate surface area is 164 Å². The van der Waals surface area contributed by atoms with E-state index < -0.39 is 0 Å². The summed E-state index contributed by atoms with van der Waals surface area (Å²) >= 11 is 0. The number of hydrogen-bond donors (Lipinski definition) is 3. The van der Waals surface area contributed by atoms with Crippen LogP contribution in [0.15, 0.2) is 73.2 Å². The predicted octanol–water partition coefficient (Wildman–Crippen LogP) is 3.42. The molecule has 3 aromatic rings. The minimum absolute atomic E-state index is 0.564. The van der Waals surface area contributed by atoms with Crippen LogP contribution in [0.5, 0.6) is 0 Å². The van der Waals surface area contributed by atoms with Crippen molar-refractivity contribution in [3.8, 4) is 11.3 Å². The van der Waals surface area contributed by atoms with E-state index in [4.69, 9.17) is 0 Å². The second-order valence-electron chi connectivity index (χ2n) is 6.44. The van der Waals surface area contributed by atoms with E-state index in [9.17, 15) is 0 Å². The fraction of sp³-hybridized carbons (Fsp3) is 0.190. The second-order valence-corrected chi connectivity index (χ2v) is 6.44. The summed E-state index contributed by atoms with van der Waals surface area (Å²) in [5.74, 6) is 1.37. The average molecular weight is 373 g/mol. The van der Waals surface area contributed by atoms with E-state index >= 15 is 0 Å². The van der Waals surface area contributed by atoms with Crippen molar-refractivity contribution in [3.63, 3.8) is 0 Å². The topological polar surface area (TPSA) is 78.0 Å². The van der Waals surface area contributed by atoms with Gasteiger partial charge in [0.15, 0.2) is 0 Å². The highest BCUT2D eigenvalue weighted by Gasteiger charge is 2.05. The Morgan fingerprint density at radius 1 is 1.04 bits per heavy atom. The molecule has 0 radical (unpaired) electrons. The zero-order valence-corrected chi connectivity index (χ0v) is 15.5. The van der Waals surface area contributed by atoms with Gasteiger partial charge in [-0.3, -0.25) is 4.98 Å². The molecule has 3 heterocycles. The fourth-order valence-electron chi connectivity index (χ4n) is 2.97. The molecular weight excluding hydrogens is 350 g/mol. The number of nitrogens with one attached hydrogen (secondary N) is 3. The van der Waals surface area contributed by atoms with E-state index in [1.807, 2.05) is 54.7 Å². The number of hydrazine groups is 1. The maximum Gasteiger partial charge on any atom is 0.229 e. The Hall–Kier alpha value is -3.45. The molecule has 0 spiro atoms. The molecule has 1 aromatic carbocycles. The van der Waals surface area contributed by atoms with Gasteiger partial charge in [0.2, 0.25) is 5.95 Å². The van der Waals surface area contributed by atoms with Gasteiger partial charge in [-0.2, -0.15) is 4.98 Å². The monoisotopic (exact) mass is 373 g/mol. The van der Waals surface area contributed by atoms with Crippen LogP contribution >= 0.6 is 0 Å². The van der Waals surface area contributed by atoms with Crippen LogP contribution in [0.1, 0.15) is 6.42 Å². The summed E-state index contributed by atoms with van der Waals surface area (Å²) in [6.07, 6.45) is 8.65. The zero-order chi connectivity index (χ0) is 19.0. The van der Waals surface area contributed by atoms with Gasteiger partial charge >= 0.3 is 0 Å². The van der Waals surface area contributed by atoms with Crippen molar-refractivity contribution >= 4 is 17.5 Å². The molecule has 0 unspecified atom stereocenters. The Morgan fingerprint density at radius 2 is 2.04 bits per heavy atom. The van der Waals surface area contributed by atoms with E-state index in [1.54, 1.807) is 12.4 Å². The van der Waals surface area contributed by atoms with Crippen molar-refractivity contribution in [2.24, 2.45) is 0 Å². The third-order valence-electron chi connectivity index (χ3n) is 4.35. The van der Waals surface area contributed by atoms with Crippen molar-refractivity contribution < 1.29 is 0 Å². The van der Waals surface area contributed by atoms with Crippen LogP contribution in [0.3, 0.4) is 0 Å². The molecule has 28 heavy (non-hydrogen) atoms. The number of anilines is 3. The molecule has 1 aliphatic rings. The molecule has 0 amide bonds. The Morgan fingerprint density at radius 3 is 2.89 bits per heavy atom. The van der Waals surface area contributed by atoms with Crippen LogP contribution in [0.2, 0.25) is 0 Å². The minimum Gasteiger partial charge on any atom is -0.370 e. The maximum absolute atomic E-state index is 4.55. The van der Waals surface area contributed by atoms with Crippen molar-refractivity contribution in [2.45, 2.75) is 6.42 Å². The normalized spacial score (nSPS) is 13.3. The van der Waals surface area contributed by atoms with Gasteiger partial charge in [0.05, 0.1) is 5.69 Å². The quantitative estimate of drug-likeness (QED) is 0.522. The summed E-state index contributed by atoms with van der Waals surface area (Å²) < 4.78 is 0. The van der Waals surface area contributed by atoms with Crippen LogP contribution in [0, 0.1) is 0 Å². The largest absolute Gasteiger partial charge is 0.370 e. The molecule has 142 valence electrons. The van der Waals surface area contributed by atoms with E-state index in [2.05, 4.69) is 42.1 Å². The lowest BCUT2D eigenvalue weighted by atomic mass is 10.1. The fourth-order valence-corrected chi connectivity index (χ4v) is 2.97. The molecule has 0 saturated heterocycles. The number of aromatic nitrogens is 3. The summed E-state index contributed by atoms with van der Waals surface area (Å²) in [7, 11) is 0. The van der Waals surface area contributed by atoms with Gasteiger partial charge in [0.25, 0.3) is 0 Å². The van der Waals surface area contributed by atoms with Crippen molar-refractivity contribution in [1.82, 2.24) is 25.4 Å². The number of nitrogens with zero attached hydrogens (tertiary/aromatic N) is 4. The molecule has 3 N–H and O–H groups in total. The summed E-state index contributed by atoms with van der Waals surface area (Å²) in [6.45, 7) is 2.79. The van der Waals surface area contributed by atoms with Gasteiger partial charge < -0.3 is 16.1 Å². The third kappa shape index (κ3) is 4.83. The lowest BCUT2D eigenvalue weighted by Gasteiger charge is -2.15. The lowest BCUT2D eigenvalue weighted by molar-refractivity contribution is 0.266. The zero-order valence-electron chi connectivity index (χ0n) is 15.5. The van der Waals surface area contributed by atoms with Crippen LogP contribution < -0.4 is 16.1 Å². The summed E-state index contributed by atoms with van der Waals surface area (Å²) in [6, 6.07) is 15.8. The Kier molecular flexibility index (Phi) is 5.74. The molecule has 0 fully saturated rings. The summed E-state index contributed by atoms with van der Waals surface area (Å²) in [5.41, 5.74) is 6.10. The predicted molar refractivity (Wildman–Crippen MR) is 112 cm³/mol. The summed E-state index contributed by atoms with van der Waals surface area (Å²) in [5, 5.41) is 8.80. The van der Waals surface area contributed by atoms with Crippen LogP contribution in [0.25, 0.3) is 11.3 Å². The van der Waals surface area contributed by atoms with Crippen molar-refractivity contribution in [2.75, 3.05) is 30.3 Å². The van der Waals surface area contributed by atoms with Crippen LogP contribution in [-0.4, -0.2) is 39.6 Å². The van der Waals surface area contributed by atoms with Gasteiger partial charge in [-0.05, 0) is 36.8 Å². The number of hydrogen-bond acceptors (Lipinski definition) is 7. The number of rotatable bonds is 8. The first-order chi connectivity index (χ1) is 13.9. The van der Waals surface area contributed by atoms with E-state index in [-0.39, 0.29) is 0 Å². The molecule has 7 nitrogen and oxygen atoms in total. The van der Waals surface area contributed by atoms with Crippen molar-refractivity contribution in [3.05, 3.63) is 73.2 Å². The highest BCUT2D eigenvalue weighted by molar-refractivity contribution is 5.67. The molecule has 0 aliphatic carbocycles. The van der Waals surface area contributed by atoms with Gasteiger partial charge in [-0.1, -0.05) is 24.3 Å². The molecule has 2 aromatic heterocycles. The third-order valence-corrected chi connectivity index (χ3v) is 4.35. The highest BCUT2D eigenvalue weighted by Crippen LogP contribution is 2.22. The number of benzene rings is 1. The molecular formula is C21H23N7. The second kappa shape index (κ2) is 8.96. The maximum atomic E-state index is 4.55. The van der Waals surface area contributed by atoms with Crippen LogP contribution in [-0.2, 0) is 0 Å². The van der Waals surface area contributed by atoms with Gasteiger partial charge in [0.1, 0.15) is 5.82 Å². The minimum atomic E-state index is 0.564. The molecule has 4 rings (SSSR count). The van der Waals surface area contributed by atoms with E-state index in [1.165, 1.54) is 0 Å². The van der Waals surface area contributed by atoms with Crippen LogP contribution in [0.4, 0.5) is 17.5 Å². The van der Waals surface area contributed by atoms with Gasteiger partial charge in [-0.25, -0.2) is 9.99 Å². The van der Waals surface area contributed by atoms with E-state index in [0.29, 0.717) is 5.95 Å². The standard InChI is InChI=1S/C21H23N7/c1-2-10-22-19(8-1)17-6-3-7-18(16-17)26-21-24-13-9-20(27-21)23-11-4-14-28-15-5-12-25-28/h1-3,5-10,12-13,16,25H,4,11,14-15H2,(H2,23,24,26,27).